The molecule has 4 heteroatoms. The van der Waals surface area contributed by atoms with Crippen LogP contribution in [-0.4, -0.2) is 51.0 Å². The highest BCUT2D eigenvalue weighted by atomic mass is 16.7. The van der Waals surface area contributed by atoms with Crippen LogP contribution in [0.2, 0.25) is 0 Å². The fraction of sp³-hybridized carbons (Fsp3) is 0.538. The van der Waals surface area contributed by atoms with Crippen molar-refractivity contribution in [1.82, 2.24) is 4.90 Å². The molecule has 0 spiro atoms. The third kappa shape index (κ3) is 5.16. The lowest BCUT2D eigenvalue weighted by atomic mass is 9.69. The Morgan fingerprint density at radius 2 is 1.63 bits per heavy atom. The van der Waals surface area contributed by atoms with Gasteiger partial charge in [-0.05, 0) is 49.6 Å². The fourth-order valence-corrected chi connectivity index (χ4v) is 5.11. The minimum Gasteiger partial charge on any atom is -0.468 e. The first-order valence-electron chi connectivity index (χ1n) is 11.6. The summed E-state index contributed by atoms with van der Waals surface area (Å²) in [5.74, 6) is 0.930. The normalized spacial score (nSPS) is 19.6. The Morgan fingerprint density at radius 1 is 0.867 bits per heavy atom. The topological polar surface area (TPSA) is 24.9 Å². The number of piperazine rings is 1. The molecule has 0 N–H and O–H groups in total. The summed E-state index contributed by atoms with van der Waals surface area (Å²) < 4.78 is 11.2. The van der Waals surface area contributed by atoms with Crippen molar-refractivity contribution < 1.29 is 9.47 Å². The largest absolute Gasteiger partial charge is 0.468 e. The Morgan fingerprint density at radius 3 is 2.37 bits per heavy atom. The van der Waals surface area contributed by atoms with E-state index in [0.717, 1.165) is 38.5 Å². The zero-order chi connectivity index (χ0) is 20.7. The maximum Gasteiger partial charge on any atom is 0.189 e. The molecule has 2 aromatic rings. The Labute approximate surface area is 181 Å². The minimum atomic E-state index is 0.248. The molecule has 0 radical (unpaired) electrons. The summed E-state index contributed by atoms with van der Waals surface area (Å²) in [7, 11) is 0. The molecule has 2 aliphatic rings. The summed E-state index contributed by atoms with van der Waals surface area (Å²) in [5, 5.41) is 0. The molecule has 162 valence electrons. The molecule has 1 aliphatic carbocycles. The summed E-state index contributed by atoms with van der Waals surface area (Å²) in [6, 6.07) is 19.6. The molecule has 1 saturated carbocycles. The SMILES string of the molecule is CCOCOc1cccc(C2(CN3CCN(c4ccccc4)CC3)CCCCC2)c1. The average molecular weight is 409 g/mol. The lowest BCUT2D eigenvalue weighted by molar-refractivity contribution is 0.0222. The van der Waals surface area contributed by atoms with Gasteiger partial charge in [0.15, 0.2) is 6.79 Å². The summed E-state index contributed by atoms with van der Waals surface area (Å²) >= 11 is 0. The van der Waals surface area contributed by atoms with Crippen molar-refractivity contribution in [3.63, 3.8) is 0 Å². The monoisotopic (exact) mass is 408 g/mol. The molecule has 1 heterocycles. The molecule has 30 heavy (non-hydrogen) atoms. The first kappa shape index (κ1) is 21.2. The van der Waals surface area contributed by atoms with E-state index in [9.17, 15) is 0 Å². The number of hydrogen-bond donors (Lipinski definition) is 0. The number of anilines is 1. The quantitative estimate of drug-likeness (QED) is 0.449. The number of rotatable bonds is 8. The minimum absolute atomic E-state index is 0.248. The van der Waals surface area contributed by atoms with E-state index in [0.29, 0.717) is 13.4 Å². The van der Waals surface area contributed by atoms with Crippen molar-refractivity contribution in [2.24, 2.45) is 0 Å². The number of hydrogen-bond acceptors (Lipinski definition) is 4. The number of ether oxygens (including phenoxy) is 2. The van der Waals surface area contributed by atoms with Gasteiger partial charge >= 0.3 is 0 Å². The van der Waals surface area contributed by atoms with Gasteiger partial charge in [0.05, 0.1) is 0 Å². The first-order chi connectivity index (χ1) is 14.8. The molecule has 0 bridgehead atoms. The van der Waals surface area contributed by atoms with Crippen LogP contribution in [0.3, 0.4) is 0 Å². The Balaban J connectivity index is 1.44. The molecule has 1 saturated heterocycles. The van der Waals surface area contributed by atoms with Crippen molar-refractivity contribution >= 4 is 5.69 Å². The second kappa shape index (κ2) is 10.3. The predicted octanol–water partition coefficient (Wildman–Crippen LogP) is 5.08. The lowest BCUT2D eigenvalue weighted by Gasteiger charge is -2.44. The van der Waals surface area contributed by atoms with Gasteiger partial charge in [-0.2, -0.15) is 0 Å². The van der Waals surface area contributed by atoms with Crippen LogP contribution in [0.25, 0.3) is 0 Å². The Bertz CT molecular complexity index is 766. The van der Waals surface area contributed by atoms with Gasteiger partial charge in [-0.3, -0.25) is 4.90 Å². The zero-order valence-electron chi connectivity index (χ0n) is 18.4. The summed E-state index contributed by atoms with van der Waals surface area (Å²) in [6.45, 7) is 8.65. The molecular weight excluding hydrogens is 372 g/mol. The smallest absolute Gasteiger partial charge is 0.189 e. The summed E-state index contributed by atoms with van der Waals surface area (Å²) in [5.41, 5.74) is 3.04. The molecule has 0 atom stereocenters. The van der Waals surface area contributed by atoms with Crippen LogP contribution >= 0.6 is 0 Å². The number of para-hydroxylation sites is 1. The van der Waals surface area contributed by atoms with Crippen LogP contribution in [-0.2, 0) is 10.2 Å². The molecule has 4 nitrogen and oxygen atoms in total. The number of nitrogens with zero attached hydrogens (tertiary/aromatic N) is 2. The lowest BCUT2D eigenvalue weighted by Crippen LogP contribution is -2.51. The second-order valence-corrected chi connectivity index (χ2v) is 8.72. The van der Waals surface area contributed by atoms with E-state index in [4.69, 9.17) is 9.47 Å². The van der Waals surface area contributed by atoms with Gasteiger partial charge in [0.25, 0.3) is 0 Å². The Kier molecular flexibility index (Phi) is 7.29. The van der Waals surface area contributed by atoms with Gasteiger partial charge in [0.2, 0.25) is 0 Å². The fourth-order valence-electron chi connectivity index (χ4n) is 5.11. The van der Waals surface area contributed by atoms with Crippen LogP contribution in [0.5, 0.6) is 5.75 Å². The van der Waals surface area contributed by atoms with Crippen molar-refractivity contribution in [3.8, 4) is 5.75 Å². The third-order valence-corrected chi connectivity index (χ3v) is 6.79. The molecular formula is C26H36N2O2. The van der Waals surface area contributed by atoms with Crippen LogP contribution in [0.15, 0.2) is 54.6 Å². The van der Waals surface area contributed by atoms with Crippen molar-refractivity contribution in [3.05, 3.63) is 60.2 Å². The van der Waals surface area contributed by atoms with E-state index in [2.05, 4.69) is 64.4 Å². The highest BCUT2D eigenvalue weighted by Crippen LogP contribution is 2.41. The van der Waals surface area contributed by atoms with E-state index in [1.165, 1.54) is 43.4 Å². The molecule has 0 aromatic heterocycles. The Hall–Kier alpha value is -2.04. The van der Waals surface area contributed by atoms with Crippen LogP contribution < -0.4 is 9.64 Å². The maximum absolute atomic E-state index is 5.83. The molecule has 0 amide bonds. The van der Waals surface area contributed by atoms with E-state index in [1.807, 2.05) is 6.92 Å². The van der Waals surface area contributed by atoms with Crippen LogP contribution in [0.1, 0.15) is 44.6 Å². The first-order valence-corrected chi connectivity index (χ1v) is 11.6. The van der Waals surface area contributed by atoms with Gasteiger partial charge in [0.1, 0.15) is 5.75 Å². The maximum atomic E-state index is 5.83. The molecule has 4 rings (SSSR count). The van der Waals surface area contributed by atoms with Crippen LogP contribution in [0.4, 0.5) is 5.69 Å². The number of benzene rings is 2. The third-order valence-electron chi connectivity index (χ3n) is 6.79. The second-order valence-electron chi connectivity index (χ2n) is 8.72. The van der Waals surface area contributed by atoms with Gasteiger partial charge in [0, 0.05) is 50.4 Å². The van der Waals surface area contributed by atoms with E-state index in [-0.39, 0.29) is 5.41 Å². The highest BCUT2D eigenvalue weighted by molar-refractivity contribution is 5.46. The zero-order valence-corrected chi connectivity index (χ0v) is 18.4. The van der Waals surface area contributed by atoms with Crippen molar-refractivity contribution in [2.75, 3.05) is 51.0 Å². The molecule has 2 aromatic carbocycles. The van der Waals surface area contributed by atoms with Gasteiger partial charge in [-0.15, -0.1) is 0 Å². The van der Waals surface area contributed by atoms with E-state index >= 15 is 0 Å². The van der Waals surface area contributed by atoms with Gasteiger partial charge < -0.3 is 14.4 Å². The van der Waals surface area contributed by atoms with Crippen molar-refractivity contribution in [2.45, 2.75) is 44.4 Å². The van der Waals surface area contributed by atoms with E-state index < -0.39 is 0 Å². The highest BCUT2D eigenvalue weighted by Gasteiger charge is 2.36. The molecule has 0 unspecified atom stereocenters. The average Bonchev–Trinajstić information content (AvgIpc) is 2.81. The standard InChI is InChI=1S/C26H36N2O2/c1-2-29-22-30-25-13-9-10-23(20-25)26(14-7-4-8-15-26)21-27-16-18-28(19-17-27)24-11-5-3-6-12-24/h3,5-6,9-13,20H,2,4,7-8,14-19,21-22H2,1H3. The van der Waals surface area contributed by atoms with Gasteiger partial charge in [-0.1, -0.05) is 49.6 Å². The summed E-state index contributed by atoms with van der Waals surface area (Å²) in [4.78, 5) is 5.21. The molecule has 1 aliphatic heterocycles. The van der Waals surface area contributed by atoms with E-state index in [1.54, 1.807) is 0 Å². The summed E-state index contributed by atoms with van der Waals surface area (Å²) in [6.07, 6.45) is 6.58. The van der Waals surface area contributed by atoms with Crippen LogP contribution in [0, 0.1) is 0 Å². The predicted molar refractivity (Wildman–Crippen MR) is 123 cm³/mol. The van der Waals surface area contributed by atoms with Gasteiger partial charge in [-0.25, -0.2) is 0 Å². The molecule has 2 fully saturated rings. The van der Waals surface area contributed by atoms with Crippen molar-refractivity contribution in [1.29, 1.82) is 0 Å².